The number of thiophene rings is 1. The number of aliphatic carboxylic acids is 1. The van der Waals surface area contributed by atoms with Crippen LogP contribution in [0.1, 0.15) is 35.9 Å². The Kier molecular flexibility index (Phi) is 5.11. The molecule has 25 heavy (non-hydrogen) atoms. The van der Waals surface area contributed by atoms with Crippen LogP contribution in [0, 0.1) is 5.41 Å². The van der Waals surface area contributed by atoms with Crippen molar-refractivity contribution >= 4 is 40.9 Å². The third kappa shape index (κ3) is 3.55. The van der Waals surface area contributed by atoms with Crippen molar-refractivity contribution in [2.45, 2.75) is 36.4 Å². The van der Waals surface area contributed by atoms with Gasteiger partial charge in [0.2, 0.25) is 5.91 Å². The van der Waals surface area contributed by atoms with Gasteiger partial charge in [-0.3, -0.25) is 9.59 Å². The van der Waals surface area contributed by atoms with Crippen LogP contribution >= 0.6 is 23.1 Å². The zero-order chi connectivity index (χ0) is 18.2. The normalized spacial score (nSPS) is 22.4. The maximum atomic E-state index is 12.6. The van der Waals surface area contributed by atoms with Gasteiger partial charge in [0.1, 0.15) is 6.04 Å². The van der Waals surface area contributed by atoms with Gasteiger partial charge in [-0.05, 0) is 43.1 Å². The number of piperidine rings is 1. The molecule has 0 aromatic carbocycles. The zero-order valence-corrected chi connectivity index (χ0v) is 16.0. The molecule has 0 saturated carbocycles. The lowest BCUT2D eigenvalue weighted by Gasteiger charge is -2.39. The molecule has 6 nitrogen and oxygen atoms in total. The third-order valence-corrected chi connectivity index (χ3v) is 7.46. The van der Waals surface area contributed by atoms with Crippen molar-refractivity contribution in [2.75, 3.05) is 25.9 Å². The second kappa shape index (κ2) is 6.99. The van der Waals surface area contributed by atoms with Gasteiger partial charge in [-0.1, -0.05) is 0 Å². The van der Waals surface area contributed by atoms with Gasteiger partial charge >= 0.3 is 5.97 Å². The van der Waals surface area contributed by atoms with E-state index in [2.05, 4.69) is 0 Å². The molecule has 1 aromatic heterocycles. The molecule has 2 fully saturated rings. The van der Waals surface area contributed by atoms with Crippen LogP contribution in [0.25, 0.3) is 0 Å². The second-order valence-electron chi connectivity index (χ2n) is 6.82. The Balaban J connectivity index is 1.66. The lowest BCUT2D eigenvalue weighted by Crippen LogP contribution is -2.44. The summed E-state index contributed by atoms with van der Waals surface area (Å²) in [6, 6.07) is 3.10. The first kappa shape index (κ1) is 18.3. The van der Waals surface area contributed by atoms with E-state index in [9.17, 15) is 19.5 Å². The van der Waals surface area contributed by atoms with Crippen LogP contribution in [-0.2, 0) is 9.59 Å². The molecule has 1 atom stereocenters. The number of nitrogens with zero attached hydrogens (tertiary/aromatic N) is 2. The highest BCUT2D eigenvalue weighted by Gasteiger charge is 2.49. The molecule has 3 rings (SSSR count). The van der Waals surface area contributed by atoms with E-state index in [0.717, 1.165) is 21.9 Å². The number of hydrogen-bond donors (Lipinski definition) is 1. The molecule has 1 unspecified atom stereocenters. The summed E-state index contributed by atoms with van der Waals surface area (Å²) in [5, 5.41) is 9.40. The summed E-state index contributed by atoms with van der Waals surface area (Å²) in [6.07, 6.45) is 3.96. The summed E-state index contributed by atoms with van der Waals surface area (Å²) in [5.41, 5.74) is -0.175. The van der Waals surface area contributed by atoms with Gasteiger partial charge in [0.25, 0.3) is 5.91 Å². The fraction of sp³-hybridized carbons (Fsp3) is 0.588. The molecule has 2 amide bonds. The van der Waals surface area contributed by atoms with Gasteiger partial charge in [-0.2, -0.15) is 0 Å². The van der Waals surface area contributed by atoms with Crippen molar-refractivity contribution in [1.82, 2.24) is 9.80 Å². The third-order valence-electron chi connectivity index (χ3n) is 5.30. The van der Waals surface area contributed by atoms with Gasteiger partial charge in [0.05, 0.1) is 9.09 Å². The van der Waals surface area contributed by atoms with Crippen LogP contribution in [0.5, 0.6) is 0 Å². The Bertz CT molecular complexity index is 671. The van der Waals surface area contributed by atoms with Crippen LogP contribution in [0.4, 0.5) is 0 Å². The van der Waals surface area contributed by atoms with E-state index in [1.165, 1.54) is 23.2 Å². The highest BCUT2D eigenvalue weighted by atomic mass is 32.2. The highest BCUT2D eigenvalue weighted by Crippen LogP contribution is 2.43. The standard InChI is InChI=1S/C17H22N2O4S2/c1-11(20)19-10-17(9-12(19)16(22)23)5-7-18(8-6-17)15(21)13-3-4-14(24-2)25-13/h3-4,12H,5-10H2,1-2H3,(H,22,23). The first-order chi connectivity index (χ1) is 11.8. The predicted molar refractivity (Wildman–Crippen MR) is 97.1 cm³/mol. The fourth-order valence-electron chi connectivity index (χ4n) is 3.85. The smallest absolute Gasteiger partial charge is 0.326 e. The maximum Gasteiger partial charge on any atom is 0.326 e. The summed E-state index contributed by atoms with van der Waals surface area (Å²) < 4.78 is 1.12. The van der Waals surface area contributed by atoms with E-state index >= 15 is 0 Å². The molecule has 0 bridgehead atoms. The van der Waals surface area contributed by atoms with Crippen LogP contribution in [0.2, 0.25) is 0 Å². The molecule has 1 spiro atoms. The minimum atomic E-state index is -0.936. The summed E-state index contributed by atoms with van der Waals surface area (Å²) in [7, 11) is 0. The van der Waals surface area contributed by atoms with Gasteiger partial charge in [-0.15, -0.1) is 23.1 Å². The summed E-state index contributed by atoms with van der Waals surface area (Å²) >= 11 is 3.14. The second-order valence-corrected chi connectivity index (χ2v) is 9.01. The molecule has 136 valence electrons. The Morgan fingerprint density at radius 1 is 1.28 bits per heavy atom. The van der Waals surface area contributed by atoms with Crippen molar-refractivity contribution in [1.29, 1.82) is 0 Å². The Morgan fingerprint density at radius 2 is 1.96 bits per heavy atom. The van der Waals surface area contributed by atoms with Crippen LogP contribution in [-0.4, -0.2) is 64.6 Å². The van der Waals surface area contributed by atoms with E-state index in [0.29, 0.717) is 26.1 Å². The fourth-order valence-corrected chi connectivity index (χ4v) is 5.37. The molecule has 1 aromatic rings. The molecule has 0 radical (unpaired) electrons. The largest absolute Gasteiger partial charge is 0.480 e. The van der Waals surface area contributed by atoms with E-state index in [1.54, 1.807) is 11.8 Å². The average molecular weight is 383 g/mol. The van der Waals surface area contributed by atoms with Crippen LogP contribution < -0.4 is 0 Å². The van der Waals surface area contributed by atoms with Gasteiger partial charge in [0.15, 0.2) is 0 Å². The van der Waals surface area contributed by atoms with Crippen molar-refractivity contribution in [3.8, 4) is 0 Å². The van der Waals surface area contributed by atoms with Crippen LogP contribution in [0.15, 0.2) is 16.3 Å². The topological polar surface area (TPSA) is 77.9 Å². The average Bonchev–Trinajstić information content (AvgIpc) is 3.20. The SMILES string of the molecule is CSc1ccc(C(=O)N2CCC3(CC2)CC(C(=O)O)N(C(C)=O)C3)s1. The quantitative estimate of drug-likeness (QED) is 0.812. The van der Waals surface area contributed by atoms with E-state index < -0.39 is 12.0 Å². The number of carbonyl (C=O) groups excluding carboxylic acids is 2. The Morgan fingerprint density at radius 3 is 2.44 bits per heavy atom. The number of carboxylic acid groups (broad SMARTS) is 1. The van der Waals surface area contributed by atoms with Crippen LogP contribution in [0.3, 0.4) is 0 Å². The summed E-state index contributed by atoms with van der Waals surface area (Å²) in [6.45, 7) is 3.14. The molecule has 1 N–H and O–H groups in total. The number of hydrogen-bond acceptors (Lipinski definition) is 5. The molecule has 0 aliphatic carbocycles. The molecular weight excluding hydrogens is 360 g/mol. The number of rotatable bonds is 3. The minimum Gasteiger partial charge on any atom is -0.480 e. The van der Waals surface area contributed by atoms with Gasteiger partial charge in [0, 0.05) is 26.6 Å². The number of carbonyl (C=O) groups is 3. The summed E-state index contributed by atoms with van der Waals surface area (Å²) in [4.78, 5) is 40.0. The minimum absolute atomic E-state index is 0.0522. The van der Waals surface area contributed by atoms with Crippen molar-refractivity contribution in [2.24, 2.45) is 5.41 Å². The lowest BCUT2D eigenvalue weighted by atomic mass is 9.76. The summed E-state index contributed by atoms with van der Waals surface area (Å²) in [5.74, 6) is -1.07. The van der Waals surface area contributed by atoms with Crippen molar-refractivity contribution < 1.29 is 19.5 Å². The maximum absolute atomic E-state index is 12.6. The molecule has 3 heterocycles. The van der Waals surface area contributed by atoms with Gasteiger partial charge < -0.3 is 14.9 Å². The molecule has 2 aliphatic rings. The van der Waals surface area contributed by atoms with Gasteiger partial charge in [-0.25, -0.2) is 4.79 Å². The monoisotopic (exact) mass is 382 g/mol. The number of amides is 2. The first-order valence-corrected chi connectivity index (χ1v) is 10.3. The number of likely N-dealkylation sites (tertiary alicyclic amines) is 2. The number of thioether (sulfide) groups is 1. The Hall–Kier alpha value is -1.54. The molecule has 2 aliphatic heterocycles. The Labute approximate surface area is 155 Å². The first-order valence-electron chi connectivity index (χ1n) is 8.28. The van der Waals surface area contributed by atoms with E-state index in [1.807, 2.05) is 23.3 Å². The molecule has 8 heteroatoms. The highest BCUT2D eigenvalue weighted by molar-refractivity contribution is 8.00. The predicted octanol–water partition coefficient (Wildman–Crippen LogP) is 2.40. The van der Waals surface area contributed by atoms with E-state index in [-0.39, 0.29) is 17.2 Å². The van der Waals surface area contributed by atoms with Crippen molar-refractivity contribution in [3.05, 3.63) is 17.0 Å². The molecular formula is C17H22N2O4S2. The molecule has 2 saturated heterocycles. The van der Waals surface area contributed by atoms with Crippen molar-refractivity contribution in [3.63, 3.8) is 0 Å². The lowest BCUT2D eigenvalue weighted by molar-refractivity contribution is -0.147. The number of carboxylic acids is 1. The zero-order valence-electron chi connectivity index (χ0n) is 14.4. The van der Waals surface area contributed by atoms with E-state index in [4.69, 9.17) is 0 Å².